The van der Waals surface area contributed by atoms with Crippen molar-refractivity contribution in [1.82, 2.24) is 0 Å². The molecule has 2 saturated heterocycles. The van der Waals surface area contributed by atoms with Crippen LogP contribution >= 0.6 is 0 Å². The van der Waals surface area contributed by atoms with Crippen LogP contribution < -0.4 is 0 Å². The molecule has 0 bridgehead atoms. The lowest BCUT2D eigenvalue weighted by molar-refractivity contribution is -0.155. The standard InChI is InChI=1S/C18H24O4/c1-12-8-17(19)21-15(9-16-18(12)22-16)13(2)10-20-11-14-6-4-3-5-7-14/h3-7,12-13,15-16,18H,8-11H2,1-2H3/t12-,13-,15+,16-,18+/m1/s1. The summed E-state index contributed by atoms with van der Waals surface area (Å²) in [5.41, 5.74) is 1.16. The first-order valence-electron chi connectivity index (χ1n) is 8.10. The van der Waals surface area contributed by atoms with Crippen LogP contribution in [0.2, 0.25) is 0 Å². The van der Waals surface area contributed by atoms with Crippen molar-refractivity contribution in [3.05, 3.63) is 35.9 Å². The van der Waals surface area contributed by atoms with Gasteiger partial charge >= 0.3 is 5.97 Å². The zero-order valence-corrected chi connectivity index (χ0v) is 13.2. The largest absolute Gasteiger partial charge is 0.462 e. The van der Waals surface area contributed by atoms with Crippen molar-refractivity contribution < 1.29 is 19.0 Å². The van der Waals surface area contributed by atoms with Gasteiger partial charge in [0.15, 0.2) is 0 Å². The molecule has 5 atom stereocenters. The molecule has 2 aliphatic heterocycles. The number of benzene rings is 1. The van der Waals surface area contributed by atoms with E-state index in [0.29, 0.717) is 19.6 Å². The lowest BCUT2D eigenvalue weighted by atomic mass is 9.93. The molecule has 0 radical (unpaired) electrons. The first-order chi connectivity index (χ1) is 10.6. The lowest BCUT2D eigenvalue weighted by Gasteiger charge is -2.26. The van der Waals surface area contributed by atoms with Gasteiger partial charge in [-0.15, -0.1) is 0 Å². The maximum atomic E-state index is 11.9. The first-order valence-corrected chi connectivity index (χ1v) is 8.10. The topological polar surface area (TPSA) is 48.1 Å². The van der Waals surface area contributed by atoms with Crippen LogP contribution in [0.15, 0.2) is 30.3 Å². The molecule has 4 nitrogen and oxygen atoms in total. The SMILES string of the molecule is C[C@@H]1CC(=O)O[C@H]([C@H](C)COCc2ccccc2)C[C@H]2O[C@@H]12. The molecule has 0 aliphatic carbocycles. The summed E-state index contributed by atoms with van der Waals surface area (Å²) in [6.45, 7) is 5.30. The number of hydrogen-bond donors (Lipinski definition) is 0. The average Bonchev–Trinajstić information content (AvgIpc) is 3.25. The van der Waals surface area contributed by atoms with E-state index in [1.54, 1.807) is 0 Å². The Balaban J connectivity index is 1.48. The maximum Gasteiger partial charge on any atom is 0.306 e. The number of ether oxygens (including phenoxy) is 3. The molecule has 22 heavy (non-hydrogen) atoms. The number of hydrogen-bond acceptors (Lipinski definition) is 4. The number of carbonyl (C=O) groups is 1. The Kier molecular flexibility index (Phi) is 4.79. The monoisotopic (exact) mass is 304 g/mol. The van der Waals surface area contributed by atoms with Gasteiger partial charge in [-0.1, -0.05) is 44.2 Å². The highest BCUT2D eigenvalue weighted by Gasteiger charge is 2.47. The van der Waals surface area contributed by atoms with Gasteiger partial charge in [0.05, 0.1) is 31.8 Å². The minimum absolute atomic E-state index is 0.106. The molecule has 2 heterocycles. The highest BCUT2D eigenvalue weighted by Crippen LogP contribution is 2.38. The second-order valence-electron chi connectivity index (χ2n) is 6.56. The summed E-state index contributed by atoms with van der Waals surface area (Å²) in [4.78, 5) is 11.9. The van der Waals surface area contributed by atoms with Gasteiger partial charge in [0.1, 0.15) is 6.10 Å². The molecule has 1 aromatic rings. The van der Waals surface area contributed by atoms with Gasteiger partial charge < -0.3 is 14.2 Å². The summed E-state index contributed by atoms with van der Waals surface area (Å²) >= 11 is 0. The second kappa shape index (κ2) is 6.80. The van der Waals surface area contributed by atoms with Gasteiger partial charge in [0.25, 0.3) is 0 Å². The van der Waals surface area contributed by atoms with Gasteiger partial charge in [-0.2, -0.15) is 0 Å². The van der Waals surface area contributed by atoms with E-state index >= 15 is 0 Å². The number of esters is 1. The maximum absolute atomic E-state index is 11.9. The van der Waals surface area contributed by atoms with Gasteiger partial charge in [-0.05, 0) is 11.5 Å². The molecule has 0 saturated carbocycles. The highest BCUT2D eigenvalue weighted by molar-refractivity contribution is 5.70. The fourth-order valence-electron chi connectivity index (χ4n) is 3.11. The molecule has 2 aliphatic rings. The van der Waals surface area contributed by atoms with Crippen LogP contribution in [0.5, 0.6) is 0 Å². The number of carbonyl (C=O) groups excluding carboxylic acids is 1. The van der Waals surface area contributed by atoms with E-state index in [2.05, 4.69) is 13.8 Å². The molecule has 0 spiro atoms. The third kappa shape index (κ3) is 3.87. The molecule has 0 unspecified atom stereocenters. The van der Waals surface area contributed by atoms with Crippen molar-refractivity contribution in [2.45, 2.75) is 51.6 Å². The molecule has 1 aromatic carbocycles. The molecule has 3 rings (SSSR count). The Morgan fingerprint density at radius 2 is 2.09 bits per heavy atom. The highest BCUT2D eigenvalue weighted by atomic mass is 16.6. The molecule has 4 heteroatoms. The van der Waals surface area contributed by atoms with Crippen LogP contribution in [0.1, 0.15) is 32.3 Å². The minimum Gasteiger partial charge on any atom is -0.462 e. The average molecular weight is 304 g/mol. The van der Waals surface area contributed by atoms with E-state index in [-0.39, 0.29) is 36.1 Å². The number of cyclic esters (lactones) is 1. The molecular weight excluding hydrogens is 280 g/mol. The fraction of sp³-hybridized carbons (Fsp3) is 0.611. The second-order valence-corrected chi connectivity index (χ2v) is 6.56. The number of epoxide rings is 1. The number of fused-ring (bicyclic) bond motifs is 1. The van der Waals surface area contributed by atoms with Gasteiger partial charge in [0.2, 0.25) is 0 Å². The smallest absolute Gasteiger partial charge is 0.306 e. The molecule has 0 aromatic heterocycles. The van der Waals surface area contributed by atoms with E-state index in [4.69, 9.17) is 14.2 Å². The summed E-state index contributed by atoms with van der Waals surface area (Å²) in [5, 5.41) is 0. The zero-order chi connectivity index (χ0) is 15.5. The van der Waals surface area contributed by atoms with E-state index in [9.17, 15) is 4.79 Å². The van der Waals surface area contributed by atoms with Gasteiger partial charge in [0, 0.05) is 12.3 Å². The minimum atomic E-state index is -0.110. The molecule has 0 N–H and O–H groups in total. The fourth-order valence-corrected chi connectivity index (χ4v) is 3.11. The number of rotatable bonds is 5. The van der Waals surface area contributed by atoms with Gasteiger partial charge in [-0.25, -0.2) is 0 Å². The third-order valence-corrected chi connectivity index (χ3v) is 4.55. The summed E-state index contributed by atoms with van der Waals surface area (Å²) in [6, 6.07) is 10.1. The Hall–Kier alpha value is -1.39. The Bertz CT molecular complexity index is 501. The van der Waals surface area contributed by atoms with Crippen molar-refractivity contribution >= 4 is 5.97 Å². The lowest BCUT2D eigenvalue weighted by Crippen LogP contribution is -2.33. The predicted octanol–water partition coefficient (Wildman–Crippen LogP) is 2.95. The Morgan fingerprint density at radius 1 is 1.32 bits per heavy atom. The molecule has 2 fully saturated rings. The first kappa shape index (κ1) is 15.5. The van der Waals surface area contributed by atoms with Crippen LogP contribution in [-0.2, 0) is 25.6 Å². The van der Waals surface area contributed by atoms with Crippen molar-refractivity contribution in [1.29, 1.82) is 0 Å². The zero-order valence-electron chi connectivity index (χ0n) is 13.2. The van der Waals surface area contributed by atoms with E-state index < -0.39 is 0 Å². The van der Waals surface area contributed by atoms with E-state index in [0.717, 1.165) is 12.0 Å². The van der Waals surface area contributed by atoms with Gasteiger partial charge in [-0.3, -0.25) is 4.79 Å². The van der Waals surface area contributed by atoms with Crippen molar-refractivity contribution in [2.75, 3.05) is 6.61 Å². The van der Waals surface area contributed by atoms with Crippen LogP contribution in [0.4, 0.5) is 0 Å². The van der Waals surface area contributed by atoms with E-state index in [1.807, 2.05) is 30.3 Å². The van der Waals surface area contributed by atoms with Crippen LogP contribution in [0, 0.1) is 11.8 Å². The van der Waals surface area contributed by atoms with Crippen molar-refractivity contribution in [2.24, 2.45) is 11.8 Å². The molecular formula is C18H24O4. The Labute approximate surface area is 131 Å². The van der Waals surface area contributed by atoms with Crippen LogP contribution in [0.25, 0.3) is 0 Å². The summed E-state index contributed by atoms with van der Waals surface area (Å²) in [5.74, 6) is 0.329. The van der Waals surface area contributed by atoms with Crippen LogP contribution in [0.3, 0.4) is 0 Å². The normalized spacial score (nSPS) is 32.4. The summed E-state index contributed by atoms with van der Waals surface area (Å²) in [7, 11) is 0. The molecule has 0 amide bonds. The van der Waals surface area contributed by atoms with Crippen LogP contribution in [-0.4, -0.2) is 30.9 Å². The van der Waals surface area contributed by atoms with Crippen molar-refractivity contribution in [3.8, 4) is 0 Å². The summed E-state index contributed by atoms with van der Waals surface area (Å²) < 4.78 is 17.1. The predicted molar refractivity (Wildman–Crippen MR) is 82.2 cm³/mol. The Morgan fingerprint density at radius 3 is 2.86 bits per heavy atom. The molecule has 120 valence electrons. The van der Waals surface area contributed by atoms with E-state index in [1.165, 1.54) is 0 Å². The van der Waals surface area contributed by atoms with Crippen molar-refractivity contribution in [3.63, 3.8) is 0 Å². The third-order valence-electron chi connectivity index (χ3n) is 4.55. The summed E-state index contributed by atoms with van der Waals surface area (Å²) in [6.07, 6.45) is 1.63. The quantitative estimate of drug-likeness (QED) is 0.620.